The second-order valence-electron chi connectivity index (χ2n) is 10.1. The highest BCUT2D eigenvalue weighted by molar-refractivity contribution is 5.86. The molecule has 1 heterocycles. The van der Waals surface area contributed by atoms with E-state index in [1.807, 2.05) is 6.92 Å². The number of aliphatic hydroxyl groups excluding tert-OH is 1. The van der Waals surface area contributed by atoms with E-state index in [0.717, 1.165) is 25.3 Å². The largest absolute Gasteiger partial charge is 0.392 e. The maximum Gasteiger partial charge on any atom is 0.225 e. The molecule has 3 saturated carbocycles. The Morgan fingerprint density at radius 3 is 2.44 bits per heavy atom. The third-order valence-corrected chi connectivity index (χ3v) is 9.31. The van der Waals surface area contributed by atoms with Crippen molar-refractivity contribution in [2.24, 2.45) is 27.6 Å². The molecule has 0 aromatic carbocycles. The van der Waals surface area contributed by atoms with E-state index in [1.54, 1.807) is 13.8 Å². The van der Waals surface area contributed by atoms with E-state index >= 15 is 0 Å². The lowest BCUT2D eigenvalue weighted by molar-refractivity contribution is -0.140. The maximum atomic E-state index is 13.0. The van der Waals surface area contributed by atoms with Crippen LogP contribution in [0.25, 0.3) is 0 Å². The van der Waals surface area contributed by atoms with Gasteiger partial charge in [-0.05, 0) is 42.4 Å². The van der Waals surface area contributed by atoms with Crippen LogP contribution in [0.1, 0.15) is 73.1 Å². The van der Waals surface area contributed by atoms with Gasteiger partial charge in [-0.1, -0.05) is 34.6 Å². The van der Waals surface area contributed by atoms with Gasteiger partial charge in [-0.2, -0.15) is 0 Å². The van der Waals surface area contributed by atoms with Gasteiger partial charge in [0.15, 0.2) is 0 Å². The second kappa shape index (κ2) is 4.88. The molecule has 0 radical (unpaired) electrons. The summed E-state index contributed by atoms with van der Waals surface area (Å²) in [5.74, 6) is 0.864. The molecule has 4 nitrogen and oxygen atoms in total. The van der Waals surface area contributed by atoms with E-state index in [-0.39, 0.29) is 18.1 Å². The lowest BCUT2D eigenvalue weighted by atomic mass is 9.66. The van der Waals surface area contributed by atoms with Crippen LogP contribution >= 0.6 is 0 Å². The number of carbonyl (C=O) groups excluding carboxylic acids is 2. The Labute approximate surface area is 151 Å². The van der Waals surface area contributed by atoms with Crippen molar-refractivity contribution < 1.29 is 14.7 Å². The SMILES string of the molecule is CCC(=O)C(C)(C)C(O)CC(=O)N1CCC23C1CC1CCC12C3(C)C. The molecule has 4 rings (SSSR count). The summed E-state index contributed by atoms with van der Waals surface area (Å²) in [6, 6.07) is 0.361. The standard InChI is InChI=1S/C21H33NO3/c1-6-15(23)18(2,3)16(24)12-17(25)22-10-9-21-14(22)11-13-7-8-20(13,21)19(21,4)5/h13-14,16,24H,6-12H2,1-5H3. The minimum Gasteiger partial charge on any atom is -0.392 e. The van der Waals surface area contributed by atoms with E-state index in [2.05, 4.69) is 18.7 Å². The van der Waals surface area contributed by atoms with Crippen molar-refractivity contribution in [2.45, 2.75) is 85.3 Å². The summed E-state index contributed by atoms with van der Waals surface area (Å²) in [5.41, 5.74) is 0.335. The smallest absolute Gasteiger partial charge is 0.225 e. The Morgan fingerprint density at radius 1 is 1.24 bits per heavy atom. The van der Waals surface area contributed by atoms with Gasteiger partial charge in [0.2, 0.25) is 5.91 Å². The van der Waals surface area contributed by atoms with E-state index in [9.17, 15) is 14.7 Å². The predicted molar refractivity (Wildman–Crippen MR) is 95.8 cm³/mol. The van der Waals surface area contributed by atoms with E-state index in [1.165, 1.54) is 12.8 Å². The average Bonchev–Trinajstić information content (AvgIpc) is 2.77. The van der Waals surface area contributed by atoms with Gasteiger partial charge < -0.3 is 10.0 Å². The van der Waals surface area contributed by atoms with Crippen LogP contribution in [-0.2, 0) is 9.59 Å². The number of nitrogens with zero attached hydrogens (tertiary/aromatic N) is 1. The first-order valence-electron chi connectivity index (χ1n) is 10.1. The van der Waals surface area contributed by atoms with Crippen molar-refractivity contribution in [1.82, 2.24) is 4.90 Å². The molecule has 1 saturated heterocycles. The Hall–Kier alpha value is -0.900. The maximum absolute atomic E-state index is 13.0. The molecule has 4 fully saturated rings. The second-order valence-corrected chi connectivity index (χ2v) is 10.1. The molecule has 2 spiro atoms. The van der Waals surface area contributed by atoms with Crippen molar-refractivity contribution in [3.8, 4) is 0 Å². The first-order chi connectivity index (χ1) is 11.6. The topological polar surface area (TPSA) is 57.6 Å². The monoisotopic (exact) mass is 347 g/mol. The number of amides is 1. The molecule has 0 bridgehead atoms. The number of hydrogen-bond donors (Lipinski definition) is 1. The lowest BCUT2D eigenvalue weighted by Gasteiger charge is -2.39. The number of hydrogen-bond acceptors (Lipinski definition) is 3. The van der Waals surface area contributed by atoms with Crippen LogP contribution in [0, 0.1) is 27.6 Å². The normalized spacial score (nSPS) is 41.4. The number of likely N-dealkylation sites (tertiary alicyclic amines) is 1. The van der Waals surface area contributed by atoms with Crippen LogP contribution < -0.4 is 0 Å². The molecular weight excluding hydrogens is 314 g/mol. The molecule has 1 N–H and O–H groups in total. The molecule has 5 unspecified atom stereocenters. The van der Waals surface area contributed by atoms with Gasteiger partial charge in [-0.15, -0.1) is 0 Å². The predicted octanol–water partition coefficient (Wildman–Crippen LogP) is 3.17. The Morgan fingerprint density at radius 2 is 1.92 bits per heavy atom. The third kappa shape index (κ3) is 1.69. The van der Waals surface area contributed by atoms with Gasteiger partial charge in [0.05, 0.1) is 12.5 Å². The number of rotatable bonds is 5. The van der Waals surface area contributed by atoms with Gasteiger partial charge in [0.25, 0.3) is 0 Å². The quantitative estimate of drug-likeness (QED) is 0.831. The first-order valence-corrected chi connectivity index (χ1v) is 10.1. The summed E-state index contributed by atoms with van der Waals surface area (Å²) < 4.78 is 0. The van der Waals surface area contributed by atoms with Gasteiger partial charge >= 0.3 is 0 Å². The Balaban J connectivity index is 1.49. The fraction of sp³-hybridized carbons (Fsp3) is 0.905. The number of carbonyl (C=O) groups is 2. The summed E-state index contributed by atoms with van der Waals surface area (Å²) in [4.78, 5) is 27.2. The average molecular weight is 347 g/mol. The van der Waals surface area contributed by atoms with Crippen molar-refractivity contribution in [3.05, 3.63) is 0 Å². The van der Waals surface area contributed by atoms with Gasteiger partial charge in [-0.3, -0.25) is 9.59 Å². The number of ketones is 1. The van der Waals surface area contributed by atoms with Gasteiger partial charge in [-0.25, -0.2) is 0 Å². The summed E-state index contributed by atoms with van der Waals surface area (Å²) >= 11 is 0. The molecule has 3 aliphatic carbocycles. The molecular formula is C21H33NO3. The van der Waals surface area contributed by atoms with Crippen LogP contribution in [0.5, 0.6) is 0 Å². The van der Waals surface area contributed by atoms with Gasteiger partial charge in [0.1, 0.15) is 5.78 Å². The van der Waals surface area contributed by atoms with Crippen molar-refractivity contribution >= 4 is 11.7 Å². The van der Waals surface area contributed by atoms with Crippen molar-refractivity contribution in [1.29, 1.82) is 0 Å². The van der Waals surface area contributed by atoms with Crippen LogP contribution in [0.4, 0.5) is 0 Å². The highest BCUT2D eigenvalue weighted by Crippen LogP contribution is 2.95. The number of Topliss-reactive ketones (excluding diaryl/α,β-unsaturated/α-hetero) is 1. The summed E-state index contributed by atoms with van der Waals surface area (Å²) in [6.07, 6.45) is 4.51. The molecule has 4 heteroatoms. The molecule has 4 aliphatic rings. The highest BCUT2D eigenvalue weighted by atomic mass is 16.3. The molecule has 140 valence electrons. The van der Waals surface area contributed by atoms with Crippen molar-refractivity contribution in [2.75, 3.05) is 6.54 Å². The van der Waals surface area contributed by atoms with E-state index in [4.69, 9.17) is 0 Å². The highest BCUT2D eigenvalue weighted by Gasteiger charge is 2.92. The van der Waals surface area contributed by atoms with Crippen LogP contribution in [0.15, 0.2) is 0 Å². The van der Waals surface area contributed by atoms with Crippen LogP contribution in [0.2, 0.25) is 0 Å². The zero-order valence-electron chi connectivity index (χ0n) is 16.4. The summed E-state index contributed by atoms with van der Waals surface area (Å²) in [7, 11) is 0. The van der Waals surface area contributed by atoms with Crippen LogP contribution in [-0.4, -0.2) is 40.4 Å². The molecule has 25 heavy (non-hydrogen) atoms. The molecule has 5 atom stereocenters. The summed E-state index contributed by atoms with van der Waals surface area (Å²) in [5, 5.41) is 10.6. The fourth-order valence-electron chi connectivity index (χ4n) is 7.71. The zero-order chi connectivity index (χ0) is 18.4. The Bertz CT molecular complexity index is 639. The first kappa shape index (κ1) is 17.5. The van der Waals surface area contributed by atoms with E-state index in [0.29, 0.717) is 28.7 Å². The molecule has 1 aliphatic heterocycles. The van der Waals surface area contributed by atoms with Crippen molar-refractivity contribution in [3.63, 3.8) is 0 Å². The Kier molecular flexibility index (Phi) is 3.42. The van der Waals surface area contributed by atoms with Crippen LogP contribution in [0.3, 0.4) is 0 Å². The molecule has 0 aromatic rings. The third-order valence-electron chi connectivity index (χ3n) is 9.31. The lowest BCUT2D eigenvalue weighted by Crippen LogP contribution is -2.44. The molecule has 0 aromatic heterocycles. The number of aliphatic hydroxyl groups is 1. The summed E-state index contributed by atoms with van der Waals surface area (Å²) in [6.45, 7) is 11.0. The van der Waals surface area contributed by atoms with E-state index < -0.39 is 11.5 Å². The zero-order valence-corrected chi connectivity index (χ0v) is 16.4. The minimum atomic E-state index is -0.900. The van der Waals surface area contributed by atoms with Gasteiger partial charge in [0, 0.05) is 29.8 Å². The minimum absolute atomic E-state index is 0.0203. The molecule has 1 amide bonds. The fourth-order valence-corrected chi connectivity index (χ4v) is 7.71.